The van der Waals surface area contributed by atoms with Gasteiger partial charge in [0.2, 0.25) is 0 Å². The molecule has 0 fully saturated rings. The van der Waals surface area contributed by atoms with E-state index >= 15 is 0 Å². The van der Waals surface area contributed by atoms with Gasteiger partial charge >= 0.3 is 5.97 Å². The van der Waals surface area contributed by atoms with Crippen LogP contribution in [0, 0.1) is 0 Å². The predicted molar refractivity (Wildman–Crippen MR) is 60.2 cm³/mol. The molecule has 0 aliphatic heterocycles. The molecule has 1 aromatic rings. The van der Waals surface area contributed by atoms with Gasteiger partial charge in [-0.05, 0) is 24.6 Å². The average Bonchev–Trinajstić information content (AvgIpc) is 2.18. The Labute approximate surface area is 93.5 Å². The standard InChI is InChI=1S/C11H12ClNO2/c1-2-15-11(14)7-10(13)8-3-5-9(12)6-4-8/h3-7H,2,13H2,1H3. The fourth-order valence-electron chi connectivity index (χ4n) is 1.04. The van der Waals surface area contributed by atoms with Gasteiger partial charge in [0.05, 0.1) is 6.61 Å². The van der Waals surface area contributed by atoms with Crippen molar-refractivity contribution in [1.29, 1.82) is 0 Å². The van der Waals surface area contributed by atoms with Crippen molar-refractivity contribution in [2.24, 2.45) is 5.73 Å². The molecule has 0 aliphatic rings. The topological polar surface area (TPSA) is 52.3 Å². The number of rotatable bonds is 3. The van der Waals surface area contributed by atoms with Crippen LogP contribution in [0.15, 0.2) is 30.3 Å². The van der Waals surface area contributed by atoms with Crippen molar-refractivity contribution in [2.45, 2.75) is 6.92 Å². The fourth-order valence-corrected chi connectivity index (χ4v) is 1.16. The Balaban J connectivity index is 2.79. The maximum Gasteiger partial charge on any atom is 0.332 e. The minimum atomic E-state index is -0.440. The summed E-state index contributed by atoms with van der Waals surface area (Å²) in [6, 6.07) is 6.91. The summed E-state index contributed by atoms with van der Waals surface area (Å²) in [4.78, 5) is 11.1. The molecular weight excluding hydrogens is 214 g/mol. The van der Waals surface area contributed by atoms with Crippen LogP contribution in [0.2, 0.25) is 5.02 Å². The molecule has 1 rings (SSSR count). The number of benzene rings is 1. The first-order chi connectivity index (χ1) is 7.13. The molecule has 1 aromatic carbocycles. The third-order valence-electron chi connectivity index (χ3n) is 1.74. The van der Waals surface area contributed by atoms with E-state index in [9.17, 15) is 4.79 Å². The smallest absolute Gasteiger partial charge is 0.332 e. The fraction of sp³-hybridized carbons (Fsp3) is 0.182. The minimum Gasteiger partial charge on any atom is -0.463 e. The highest BCUT2D eigenvalue weighted by atomic mass is 35.5. The molecule has 0 bridgehead atoms. The number of hydrogen-bond donors (Lipinski definition) is 1. The molecule has 4 heteroatoms. The van der Waals surface area contributed by atoms with E-state index in [0.29, 0.717) is 17.3 Å². The molecule has 0 saturated heterocycles. The highest BCUT2D eigenvalue weighted by Gasteiger charge is 2.01. The molecule has 0 aromatic heterocycles. The third kappa shape index (κ3) is 3.64. The van der Waals surface area contributed by atoms with Crippen molar-refractivity contribution in [3.63, 3.8) is 0 Å². The second kappa shape index (κ2) is 5.41. The summed E-state index contributed by atoms with van der Waals surface area (Å²) in [6.45, 7) is 2.08. The molecule has 80 valence electrons. The van der Waals surface area contributed by atoms with Crippen LogP contribution >= 0.6 is 11.6 Å². The molecule has 0 aliphatic carbocycles. The molecule has 0 spiro atoms. The monoisotopic (exact) mass is 225 g/mol. The van der Waals surface area contributed by atoms with E-state index in [1.165, 1.54) is 6.08 Å². The first kappa shape index (κ1) is 11.6. The number of carbonyl (C=O) groups is 1. The molecule has 0 atom stereocenters. The molecule has 0 amide bonds. The van der Waals surface area contributed by atoms with Crippen LogP contribution in [0.4, 0.5) is 0 Å². The van der Waals surface area contributed by atoms with Crippen LogP contribution < -0.4 is 5.73 Å². The van der Waals surface area contributed by atoms with Gasteiger partial charge in [0.25, 0.3) is 0 Å². The highest BCUT2D eigenvalue weighted by molar-refractivity contribution is 6.30. The number of carbonyl (C=O) groups excluding carboxylic acids is 1. The number of hydrogen-bond acceptors (Lipinski definition) is 3. The zero-order valence-electron chi connectivity index (χ0n) is 8.37. The van der Waals surface area contributed by atoms with Crippen LogP contribution in [0.5, 0.6) is 0 Å². The van der Waals surface area contributed by atoms with Crippen LogP contribution in [-0.2, 0) is 9.53 Å². The van der Waals surface area contributed by atoms with E-state index < -0.39 is 5.97 Å². The zero-order valence-corrected chi connectivity index (χ0v) is 9.12. The summed E-state index contributed by atoms with van der Waals surface area (Å²) < 4.78 is 4.74. The van der Waals surface area contributed by atoms with Gasteiger partial charge in [0.1, 0.15) is 0 Å². The molecule has 0 radical (unpaired) electrons. The predicted octanol–water partition coefficient (Wildman–Crippen LogP) is 2.20. The van der Waals surface area contributed by atoms with Crippen molar-refractivity contribution < 1.29 is 9.53 Å². The lowest BCUT2D eigenvalue weighted by atomic mass is 10.1. The summed E-state index contributed by atoms with van der Waals surface area (Å²) in [5, 5.41) is 0.627. The van der Waals surface area contributed by atoms with Crippen LogP contribution in [0.3, 0.4) is 0 Å². The number of ether oxygens (including phenoxy) is 1. The second-order valence-corrected chi connectivity index (χ2v) is 3.30. The number of esters is 1. The second-order valence-electron chi connectivity index (χ2n) is 2.86. The van der Waals surface area contributed by atoms with Crippen molar-refractivity contribution in [3.8, 4) is 0 Å². The number of nitrogens with two attached hydrogens (primary N) is 1. The van der Waals surface area contributed by atoms with Crippen LogP contribution in [0.25, 0.3) is 5.70 Å². The lowest BCUT2D eigenvalue weighted by Gasteiger charge is -2.01. The Morgan fingerprint density at radius 3 is 2.60 bits per heavy atom. The van der Waals surface area contributed by atoms with Gasteiger partial charge in [0, 0.05) is 16.8 Å². The summed E-state index contributed by atoms with van der Waals surface area (Å²) in [5.41, 5.74) is 6.80. The molecule has 2 N–H and O–H groups in total. The van der Waals surface area contributed by atoms with Gasteiger partial charge in [-0.25, -0.2) is 4.79 Å². The van der Waals surface area contributed by atoms with E-state index in [1.807, 2.05) is 0 Å². The van der Waals surface area contributed by atoms with Crippen LogP contribution in [-0.4, -0.2) is 12.6 Å². The van der Waals surface area contributed by atoms with Gasteiger partial charge in [0.15, 0.2) is 0 Å². The van der Waals surface area contributed by atoms with Crippen molar-refractivity contribution in [2.75, 3.05) is 6.61 Å². The summed E-state index contributed by atoms with van der Waals surface area (Å²) in [6.07, 6.45) is 1.26. The quantitative estimate of drug-likeness (QED) is 0.634. The van der Waals surface area contributed by atoms with Crippen molar-refractivity contribution in [3.05, 3.63) is 40.9 Å². The molecule has 0 heterocycles. The minimum absolute atomic E-state index is 0.337. The van der Waals surface area contributed by atoms with Gasteiger partial charge in [-0.1, -0.05) is 23.7 Å². The van der Waals surface area contributed by atoms with Crippen molar-refractivity contribution >= 4 is 23.3 Å². The lowest BCUT2D eigenvalue weighted by molar-refractivity contribution is -0.137. The summed E-state index contributed by atoms with van der Waals surface area (Å²) in [7, 11) is 0. The Bertz CT molecular complexity index is 371. The Hall–Kier alpha value is -1.48. The van der Waals surface area contributed by atoms with Crippen molar-refractivity contribution in [1.82, 2.24) is 0 Å². The normalized spacial score (nSPS) is 11.2. The van der Waals surface area contributed by atoms with Gasteiger partial charge < -0.3 is 10.5 Å². The molecule has 0 saturated carbocycles. The lowest BCUT2D eigenvalue weighted by Crippen LogP contribution is -2.04. The van der Waals surface area contributed by atoms with E-state index in [1.54, 1.807) is 31.2 Å². The molecular formula is C11H12ClNO2. The summed E-state index contributed by atoms with van der Waals surface area (Å²) >= 11 is 5.72. The first-order valence-corrected chi connectivity index (χ1v) is 4.91. The average molecular weight is 226 g/mol. The SMILES string of the molecule is CCOC(=O)C=C(N)c1ccc(Cl)cc1. The molecule has 15 heavy (non-hydrogen) atoms. The number of halogens is 1. The maximum absolute atomic E-state index is 11.1. The molecule has 3 nitrogen and oxygen atoms in total. The van der Waals surface area contributed by atoms with E-state index in [0.717, 1.165) is 5.56 Å². The first-order valence-electron chi connectivity index (χ1n) is 4.53. The van der Waals surface area contributed by atoms with Crippen LogP contribution in [0.1, 0.15) is 12.5 Å². The van der Waals surface area contributed by atoms with E-state index in [2.05, 4.69) is 0 Å². The van der Waals surface area contributed by atoms with Gasteiger partial charge in [-0.3, -0.25) is 0 Å². The van der Waals surface area contributed by atoms with E-state index in [-0.39, 0.29) is 0 Å². The Kier molecular flexibility index (Phi) is 4.18. The zero-order chi connectivity index (χ0) is 11.3. The highest BCUT2D eigenvalue weighted by Crippen LogP contribution is 2.13. The summed E-state index contributed by atoms with van der Waals surface area (Å²) in [5.74, 6) is -0.440. The molecule has 0 unspecified atom stereocenters. The van der Waals surface area contributed by atoms with Gasteiger partial charge in [-0.2, -0.15) is 0 Å². The Morgan fingerprint density at radius 1 is 1.47 bits per heavy atom. The Morgan fingerprint density at radius 2 is 2.07 bits per heavy atom. The largest absolute Gasteiger partial charge is 0.463 e. The van der Waals surface area contributed by atoms with E-state index in [4.69, 9.17) is 22.1 Å². The maximum atomic E-state index is 11.1. The third-order valence-corrected chi connectivity index (χ3v) is 1.99. The van der Waals surface area contributed by atoms with Gasteiger partial charge in [-0.15, -0.1) is 0 Å².